The van der Waals surface area contributed by atoms with E-state index in [9.17, 15) is 13.2 Å². The van der Waals surface area contributed by atoms with Crippen LogP contribution < -0.4 is 14.4 Å². The number of nitrogens with zero attached hydrogens (tertiary/aromatic N) is 1. The summed E-state index contributed by atoms with van der Waals surface area (Å²) in [5, 5.41) is 5.46. The van der Waals surface area contributed by atoms with Crippen molar-refractivity contribution in [2.24, 2.45) is 0 Å². The molecule has 1 unspecified atom stereocenters. The summed E-state index contributed by atoms with van der Waals surface area (Å²) in [5.41, 5.74) is 0.390. The predicted molar refractivity (Wildman–Crippen MR) is 125 cm³/mol. The molecule has 0 spiro atoms. The number of halogens is 1. The number of rotatable bonds is 9. The molecule has 0 aliphatic heterocycles. The van der Waals surface area contributed by atoms with Crippen LogP contribution in [0.2, 0.25) is 5.02 Å². The molecule has 3 rings (SSSR count). The highest BCUT2D eigenvalue weighted by Gasteiger charge is 2.31. The Morgan fingerprint density at radius 2 is 1.74 bits per heavy atom. The molecule has 6 nitrogen and oxygen atoms in total. The van der Waals surface area contributed by atoms with E-state index in [0.29, 0.717) is 22.9 Å². The molecule has 0 fully saturated rings. The van der Waals surface area contributed by atoms with Crippen molar-refractivity contribution in [1.82, 2.24) is 5.32 Å². The number of sulfonamides is 1. The predicted octanol–water partition coefficient (Wildman–Crippen LogP) is 4.23. The lowest BCUT2D eigenvalue weighted by atomic mass is 10.1. The number of ether oxygens (including phenoxy) is 1. The Balaban J connectivity index is 1.63. The first-order valence-corrected chi connectivity index (χ1v) is 12.2. The summed E-state index contributed by atoms with van der Waals surface area (Å²) >= 11 is 5.91. The third-order valence-electron chi connectivity index (χ3n) is 4.80. The molecule has 0 saturated carbocycles. The van der Waals surface area contributed by atoms with Gasteiger partial charge in [-0.2, -0.15) is 0 Å². The van der Waals surface area contributed by atoms with Gasteiger partial charge in [0.1, 0.15) is 18.4 Å². The highest BCUT2D eigenvalue weighted by molar-refractivity contribution is 7.92. The molecule has 164 valence electrons. The van der Waals surface area contributed by atoms with Gasteiger partial charge in [-0.05, 0) is 53.6 Å². The van der Waals surface area contributed by atoms with E-state index in [1.54, 1.807) is 31.2 Å². The monoisotopic (exact) mass is 460 g/mol. The van der Waals surface area contributed by atoms with Crippen LogP contribution in [0, 0.1) is 0 Å². The zero-order valence-corrected chi connectivity index (χ0v) is 19.0. The maximum atomic E-state index is 12.8. The fraction of sp³-hybridized carbons (Fsp3) is 0.261. The fourth-order valence-electron chi connectivity index (χ4n) is 3.37. The minimum Gasteiger partial charge on any atom is -0.492 e. The number of carbonyl (C=O) groups is 1. The first-order valence-electron chi connectivity index (χ1n) is 9.94. The molecule has 3 aromatic rings. The Bertz CT molecular complexity index is 1150. The second-order valence-electron chi connectivity index (χ2n) is 7.11. The summed E-state index contributed by atoms with van der Waals surface area (Å²) < 4.78 is 31.7. The fourth-order valence-corrected chi connectivity index (χ4v) is 4.70. The van der Waals surface area contributed by atoms with Gasteiger partial charge in [-0.1, -0.05) is 48.9 Å². The summed E-state index contributed by atoms with van der Waals surface area (Å²) in [7, 11) is -3.68. The van der Waals surface area contributed by atoms with Crippen LogP contribution in [0.3, 0.4) is 0 Å². The Kier molecular flexibility index (Phi) is 7.41. The van der Waals surface area contributed by atoms with E-state index >= 15 is 0 Å². The minimum absolute atomic E-state index is 0.250. The molecule has 1 N–H and O–H groups in total. The molecule has 31 heavy (non-hydrogen) atoms. The number of nitrogens with one attached hydrogen (secondary N) is 1. The van der Waals surface area contributed by atoms with Crippen molar-refractivity contribution < 1.29 is 17.9 Å². The molecule has 0 bridgehead atoms. The van der Waals surface area contributed by atoms with Gasteiger partial charge in [-0.25, -0.2) is 8.42 Å². The van der Waals surface area contributed by atoms with Crippen LogP contribution in [-0.4, -0.2) is 39.8 Å². The van der Waals surface area contributed by atoms with E-state index in [-0.39, 0.29) is 19.1 Å². The lowest BCUT2D eigenvalue weighted by Gasteiger charge is -2.30. The SMILES string of the molecule is CCC(C(=O)NCCOc1ccc2ccccc2c1)N(c1ccc(Cl)cc1)S(C)(=O)=O. The Morgan fingerprint density at radius 1 is 1.06 bits per heavy atom. The summed E-state index contributed by atoms with van der Waals surface area (Å²) in [6, 6.07) is 19.3. The van der Waals surface area contributed by atoms with Gasteiger partial charge in [0, 0.05) is 5.02 Å². The Morgan fingerprint density at radius 3 is 2.39 bits per heavy atom. The first-order chi connectivity index (χ1) is 14.8. The Labute approximate surface area is 187 Å². The molecule has 0 aliphatic rings. The zero-order valence-electron chi connectivity index (χ0n) is 17.4. The molecular weight excluding hydrogens is 436 g/mol. The first kappa shape index (κ1) is 22.9. The number of hydrogen-bond acceptors (Lipinski definition) is 4. The number of anilines is 1. The van der Waals surface area contributed by atoms with Crippen molar-refractivity contribution in [2.45, 2.75) is 19.4 Å². The second-order valence-corrected chi connectivity index (χ2v) is 9.40. The standard InChI is InChI=1S/C23H25ClN2O4S/c1-3-22(26(31(2,28)29)20-11-9-19(24)10-12-20)23(27)25-14-15-30-21-13-8-17-6-4-5-7-18(17)16-21/h4-13,16,22H,3,14-15H2,1-2H3,(H,25,27). The summed E-state index contributed by atoms with van der Waals surface area (Å²) in [6.45, 7) is 2.28. The van der Waals surface area contributed by atoms with Gasteiger partial charge in [0.15, 0.2) is 0 Å². The largest absolute Gasteiger partial charge is 0.492 e. The van der Waals surface area contributed by atoms with Crippen molar-refractivity contribution in [1.29, 1.82) is 0 Å². The third-order valence-corrected chi connectivity index (χ3v) is 6.23. The molecule has 0 radical (unpaired) electrons. The lowest BCUT2D eigenvalue weighted by molar-refractivity contribution is -0.122. The molecule has 0 aromatic heterocycles. The number of carbonyl (C=O) groups excluding carboxylic acids is 1. The van der Waals surface area contributed by atoms with Crippen LogP contribution in [-0.2, 0) is 14.8 Å². The average Bonchev–Trinajstić information content (AvgIpc) is 2.74. The van der Waals surface area contributed by atoms with E-state index in [4.69, 9.17) is 16.3 Å². The topological polar surface area (TPSA) is 75.7 Å². The van der Waals surface area contributed by atoms with Crippen LogP contribution in [0.4, 0.5) is 5.69 Å². The number of benzene rings is 3. The molecule has 0 aliphatic carbocycles. The van der Waals surface area contributed by atoms with Crippen LogP contribution >= 0.6 is 11.6 Å². The third kappa shape index (κ3) is 5.89. The molecule has 1 amide bonds. The summed E-state index contributed by atoms with van der Waals surface area (Å²) in [6.07, 6.45) is 1.40. The molecule has 8 heteroatoms. The van der Waals surface area contributed by atoms with Crippen molar-refractivity contribution in [3.63, 3.8) is 0 Å². The van der Waals surface area contributed by atoms with E-state index in [2.05, 4.69) is 5.32 Å². The van der Waals surface area contributed by atoms with Gasteiger partial charge in [0.05, 0.1) is 18.5 Å². The minimum atomic E-state index is -3.68. The maximum Gasteiger partial charge on any atom is 0.244 e. The van der Waals surface area contributed by atoms with E-state index in [0.717, 1.165) is 21.3 Å². The van der Waals surface area contributed by atoms with Gasteiger partial charge in [-0.3, -0.25) is 9.10 Å². The number of amides is 1. The van der Waals surface area contributed by atoms with Gasteiger partial charge in [0.25, 0.3) is 0 Å². The molecule has 0 heterocycles. The zero-order chi connectivity index (χ0) is 22.4. The maximum absolute atomic E-state index is 12.8. The second kappa shape index (κ2) is 10.0. The highest BCUT2D eigenvalue weighted by Crippen LogP contribution is 2.24. The Hall–Kier alpha value is -2.77. The lowest BCUT2D eigenvalue weighted by Crippen LogP contribution is -2.50. The number of fused-ring (bicyclic) bond motifs is 1. The molecular formula is C23H25ClN2O4S. The van der Waals surface area contributed by atoms with Gasteiger partial charge in [-0.15, -0.1) is 0 Å². The van der Waals surface area contributed by atoms with Gasteiger partial charge in [0.2, 0.25) is 15.9 Å². The molecule has 0 saturated heterocycles. The average molecular weight is 461 g/mol. The van der Waals surface area contributed by atoms with Gasteiger partial charge >= 0.3 is 0 Å². The van der Waals surface area contributed by atoms with Crippen LogP contribution in [0.15, 0.2) is 66.7 Å². The van der Waals surface area contributed by atoms with Crippen molar-refractivity contribution in [2.75, 3.05) is 23.7 Å². The van der Waals surface area contributed by atoms with Crippen molar-refractivity contribution >= 4 is 44.0 Å². The van der Waals surface area contributed by atoms with E-state index in [1.165, 1.54) is 0 Å². The summed E-state index contributed by atoms with van der Waals surface area (Å²) in [5.74, 6) is 0.323. The quantitative estimate of drug-likeness (QED) is 0.485. The van der Waals surface area contributed by atoms with Crippen LogP contribution in [0.1, 0.15) is 13.3 Å². The van der Waals surface area contributed by atoms with Crippen LogP contribution in [0.5, 0.6) is 5.75 Å². The normalized spacial score (nSPS) is 12.4. The summed E-state index contributed by atoms with van der Waals surface area (Å²) in [4.78, 5) is 12.8. The van der Waals surface area contributed by atoms with Crippen LogP contribution in [0.25, 0.3) is 10.8 Å². The van der Waals surface area contributed by atoms with Crippen molar-refractivity contribution in [3.05, 3.63) is 71.8 Å². The molecule has 1 atom stereocenters. The highest BCUT2D eigenvalue weighted by atomic mass is 35.5. The van der Waals surface area contributed by atoms with E-state index in [1.807, 2.05) is 42.5 Å². The van der Waals surface area contributed by atoms with Gasteiger partial charge < -0.3 is 10.1 Å². The molecule has 3 aromatic carbocycles. The number of hydrogen-bond donors (Lipinski definition) is 1. The smallest absolute Gasteiger partial charge is 0.244 e. The van der Waals surface area contributed by atoms with E-state index < -0.39 is 16.1 Å². The van der Waals surface area contributed by atoms with Crippen molar-refractivity contribution in [3.8, 4) is 5.75 Å².